The number of fused-ring (bicyclic) bond motifs is 1. The van der Waals surface area contributed by atoms with E-state index < -0.39 is 10.0 Å². The molecule has 1 aromatic carbocycles. The zero-order valence-electron chi connectivity index (χ0n) is 25.6. The summed E-state index contributed by atoms with van der Waals surface area (Å²) in [4.78, 5) is 3.10. The third kappa shape index (κ3) is 6.14. The highest BCUT2D eigenvalue weighted by Crippen LogP contribution is 2.43. The number of piperidine rings is 1. The summed E-state index contributed by atoms with van der Waals surface area (Å²) in [5.41, 5.74) is 3.55. The quantitative estimate of drug-likeness (QED) is 0.199. The Kier molecular flexibility index (Phi) is 9.10. The molecule has 1 fully saturated rings. The van der Waals surface area contributed by atoms with Gasteiger partial charge in [0.2, 0.25) is 10.0 Å². The fourth-order valence-corrected chi connectivity index (χ4v) is 8.11. The summed E-state index contributed by atoms with van der Waals surface area (Å²) in [7, 11) is -0.146. The number of aliphatic hydroxyl groups is 1. The molecule has 232 valence electrons. The number of benzene rings is 1. The van der Waals surface area contributed by atoms with E-state index in [4.69, 9.17) is 4.42 Å². The third-order valence-corrected chi connectivity index (χ3v) is 11.0. The molecule has 0 saturated carbocycles. The summed E-state index contributed by atoms with van der Waals surface area (Å²) in [6.45, 7) is 7.32. The molecule has 2 atom stereocenters. The topological polar surface area (TPSA) is 106 Å². The van der Waals surface area contributed by atoms with Crippen LogP contribution in [-0.2, 0) is 16.6 Å². The minimum absolute atomic E-state index is 0.0316. The molecule has 2 aromatic heterocycles. The van der Waals surface area contributed by atoms with Crippen molar-refractivity contribution in [3.05, 3.63) is 65.0 Å². The monoisotopic (exact) mass is 630 g/mol. The number of aliphatic hydroxyl groups excluding tert-OH is 1. The third-order valence-electron chi connectivity index (χ3n) is 8.24. The number of furan rings is 1. The van der Waals surface area contributed by atoms with Crippen LogP contribution in [0.5, 0.6) is 0 Å². The predicted octanol–water partition coefficient (Wildman–Crippen LogP) is 4.79. The maximum absolute atomic E-state index is 13.9. The zero-order chi connectivity index (χ0) is 31.1. The highest BCUT2D eigenvalue weighted by atomic mass is 32.2. The lowest BCUT2D eigenvalue weighted by Crippen LogP contribution is -2.68. The van der Waals surface area contributed by atoms with Gasteiger partial charge in [-0.2, -0.15) is 9.40 Å². The normalized spacial score (nSPS) is 20.3. The second-order valence-corrected chi connectivity index (χ2v) is 14.5. The summed E-state index contributed by atoms with van der Waals surface area (Å²) < 4.78 is 53.3. The summed E-state index contributed by atoms with van der Waals surface area (Å²) in [5, 5.41) is 16.2. The van der Waals surface area contributed by atoms with Gasteiger partial charge in [0.25, 0.3) is 0 Å². The van der Waals surface area contributed by atoms with E-state index in [0.717, 1.165) is 23.1 Å². The number of rotatable bonds is 9. The number of aromatic nitrogens is 2. The Morgan fingerprint density at radius 1 is 1.35 bits per heavy atom. The van der Waals surface area contributed by atoms with E-state index in [1.165, 1.54) is 12.2 Å². The van der Waals surface area contributed by atoms with Gasteiger partial charge < -0.3 is 13.8 Å². The van der Waals surface area contributed by atoms with Crippen molar-refractivity contribution < 1.29 is 27.3 Å². The van der Waals surface area contributed by atoms with Crippen molar-refractivity contribution >= 4 is 44.5 Å². The molecule has 2 aliphatic rings. The lowest BCUT2D eigenvalue weighted by Gasteiger charge is -2.34. The molecule has 1 aliphatic carbocycles. The van der Waals surface area contributed by atoms with Crippen LogP contribution < -0.4 is 9.30 Å². The van der Waals surface area contributed by atoms with E-state index in [1.54, 1.807) is 47.2 Å². The van der Waals surface area contributed by atoms with Crippen molar-refractivity contribution in [1.29, 1.82) is 0 Å². The van der Waals surface area contributed by atoms with Crippen LogP contribution in [0.15, 0.2) is 51.7 Å². The van der Waals surface area contributed by atoms with Gasteiger partial charge in [-0.25, -0.2) is 17.8 Å². The Morgan fingerprint density at radius 2 is 2.12 bits per heavy atom. The Hall–Kier alpha value is -3.09. The summed E-state index contributed by atoms with van der Waals surface area (Å²) in [5.74, 6) is 0.252. The maximum Gasteiger partial charge on any atom is 0.369 e. The Labute approximate surface area is 257 Å². The van der Waals surface area contributed by atoms with Crippen LogP contribution >= 0.6 is 11.9 Å². The zero-order valence-corrected chi connectivity index (χ0v) is 27.2. The number of aryl methyl sites for hydroxylation is 1. The largest absolute Gasteiger partial charge is 0.460 e. The van der Waals surface area contributed by atoms with Crippen LogP contribution in [-0.4, -0.2) is 66.9 Å². The second kappa shape index (κ2) is 12.5. The van der Waals surface area contributed by atoms with Gasteiger partial charge in [-0.05, 0) is 61.8 Å². The summed E-state index contributed by atoms with van der Waals surface area (Å²) >= 11 is 1.55. The Morgan fingerprint density at radius 3 is 2.77 bits per heavy atom. The van der Waals surface area contributed by atoms with Crippen molar-refractivity contribution in [3.8, 4) is 0 Å². The van der Waals surface area contributed by atoms with Gasteiger partial charge in [0.1, 0.15) is 34.7 Å². The molecule has 1 saturated heterocycles. The van der Waals surface area contributed by atoms with Crippen molar-refractivity contribution in [3.63, 3.8) is 0 Å². The van der Waals surface area contributed by atoms with Crippen molar-refractivity contribution in [2.45, 2.75) is 63.3 Å². The maximum atomic E-state index is 13.9. The molecule has 0 spiro atoms. The number of halogens is 1. The minimum atomic E-state index is -3.76. The first-order valence-corrected chi connectivity index (χ1v) is 17.3. The van der Waals surface area contributed by atoms with Crippen LogP contribution in [0.3, 0.4) is 0 Å². The molecule has 0 amide bonds. The van der Waals surface area contributed by atoms with Crippen LogP contribution in [0.4, 0.5) is 10.1 Å². The van der Waals surface area contributed by atoms with E-state index in [2.05, 4.69) is 23.9 Å². The number of nitrogens with zero attached hydrogens (tertiary/aromatic N) is 4. The second-order valence-electron chi connectivity index (χ2n) is 11.7. The molecule has 2 unspecified atom stereocenters. The van der Waals surface area contributed by atoms with Gasteiger partial charge in [-0.15, -0.1) is 0 Å². The minimum Gasteiger partial charge on any atom is -0.460 e. The standard InChI is InChI=1S/C31H40FN5O4S2/c1-19(2)16-36-18-28(20(3)34-36)43(39,40)37-13-7-8-22(17-37)24-14-25-27(15-26(24)35(5)42-6)41-30(29(25)31(38)33-4)21-9-11-23(32)12-10-21/h9,11-12,14-15,18-19,21-22H,7-8,10,13,16-17H2,1-6H3,(H,33,38)/p+1. The first kappa shape index (κ1) is 31.3. The van der Waals surface area contributed by atoms with Gasteiger partial charge in [-0.1, -0.05) is 31.9 Å². The fourth-order valence-electron chi connectivity index (χ4n) is 6.06. The van der Waals surface area contributed by atoms with Crippen LogP contribution in [0, 0.1) is 12.8 Å². The molecular formula is C31H41FN5O4S2+. The average molecular weight is 631 g/mol. The van der Waals surface area contributed by atoms with Gasteiger partial charge >= 0.3 is 5.90 Å². The molecule has 12 heteroatoms. The number of allylic oxidation sites excluding steroid dienone is 4. The van der Waals surface area contributed by atoms with E-state index in [1.807, 2.05) is 29.7 Å². The van der Waals surface area contributed by atoms with Crippen LogP contribution in [0.25, 0.3) is 11.0 Å². The molecule has 9 nitrogen and oxygen atoms in total. The number of nitrogens with one attached hydrogen (secondary N) is 1. The highest BCUT2D eigenvalue weighted by Gasteiger charge is 2.36. The predicted molar refractivity (Wildman–Crippen MR) is 170 cm³/mol. The van der Waals surface area contributed by atoms with Crippen molar-refractivity contribution in [2.75, 3.05) is 37.7 Å². The molecule has 0 radical (unpaired) electrons. The van der Waals surface area contributed by atoms with Gasteiger partial charge in [0.15, 0.2) is 0 Å². The molecule has 0 bridgehead atoms. The van der Waals surface area contributed by atoms with E-state index in [9.17, 15) is 17.9 Å². The van der Waals surface area contributed by atoms with Gasteiger partial charge in [-0.3, -0.25) is 4.68 Å². The first-order chi connectivity index (χ1) is 20.4. The van der Waals surface area contributed by atoms with Crippen LogP contribution in [0.2, 0.25) is 0 Å². The SMILES string of the molecule is C[NH+]=C(O)c1c(C2C=CC(F)=CC2)oc2cc(N(C)SC)c(C3CCCN(S(=O)(=O)c4cn(CC(C)C)nc4C)C3)cc12. The molecule has 3 aromatic rings. The molecule has 1 aliphatic heterocycles. The highest BCUT2D eigenvalue weighted by molar-refractivity contribution is 7.99. The molecule has 5 rings (SSSR count). The number of hydrogen-bond acceptors (Lipinski definition) is 6. The van der Waals surface area contributed by atoms with Gasteiger partial charge in [0, 0.05) is 56.5 Å². The number of sulfonamides is 1. The van der Waals surface area contributed by atoms with Gasteiger partial charge in [0.05, 0.1) is 11.4 Å². The van der Waals surface area contributed by atoms with Crippen LogP contribution in [0.1, 0.15) is 67.5 Å². The molecule has 2 N–H and O–H groups in total. The average Bonchev–Trinajstić information content (AvgIpc) is 3.55. The first-order valence-electron chi connectivity index (χ1n) is 14.6. The molecule has 3 heterocycles. The lowest BCUT2D eigenvalue weighted by molar-refractivity contribution is -0.429. The lowest BCUT2D eigenvalue weighted by atomic mass is 9.88. The van der Waals surface area contributed by atoms with E-state index >= 15 is 0 Å². The number of anilines is 1. The van der Waals surface area contributed by atoms with E-state index in [0.29, 0.717) is 61.0 Å². The Balaban J connectivity index is 1.57. The molecule has 43 heavy (non-hydrogen) atoms. The van der Waals surface area contributed by atoms with E-state index in [-0.39, 0.29) is 28.5 Å². The molecular weight excluding hydrogens is 590 g/mol. The summed E-state index contributed by atoms with van der Waals surface area (Å²) in [6, 6.07) is 4.00. The number of hydrogen-bond donors (Lipinski definition) is 2. The summed E-state index contributed by atoms with van der Waals surface area (Å²) in [6.07, 6.45) is 10.3. The van der Waals surface area contributed by atoms with Crippen molar-refractivity contribution in [2.24, 2.45) is 5.92 Å². The smallest absolute Gasteiger partial charge is 0.369 e. The Bertz CT molecular complexity index is 1710. The fraction of sp³-hybridized carbons (Fsp3) is 0.484. The van der Waals surface area contributed by atoms with Crippen molar-refractivity contribution in [1.82, 2.24) is 14.1 Å².